The maximum atomic E-state index is 11.7. The molecule has 2 rings (SSSR count). The normalized spacial score (nSPS) is 18.4. The van der Waals surface area contributed by atoms with Crippen LogP contribution in [0.4, 0.5) is 0 Å². The Bertz CT molecular complexity index is 386. The fourth-order valence-corrected chi connectivity index (χ4v) is 2.60. The summed E-state index contributed by atoms with van der Waals surface area (Å²) in [6.07, 6.45) is 10.8. The molecule has 20 heavy (non-hydrogen) atoms. The zero-order valence-electron chi connectivity index (χ0n) is 12.5. The molecule has 0 spiro atoms. The van der Waals surface area contributed by atoms with Crippen LogP contribution in [0.3, 0.4) is 0 Å². The lowest BCUT2D eigenvalue weighted by molar-refractivity contribution is -0.129. The van der Waals surface area contributed by atoms with Gasteiger partial charge in [-0.2, -0.15) is 0 Å². The monoisotopic (exact) mass is 278 g/mol. The lowest BCUT2D eigenvalue weighted by Gasteiger charge is -2.22. The standard InChI is InChI=1S/C16H26N2O2/c1-13(19)18(11-9-14-5-3-2-4-6-14)12-10-16(20)17-15-7-8-15/h5,15H,2-4,6-12H2,1H3,(H,17,20). The van der Waals surface area contributed by atoms with Crippen molar-refractivity contribution >= 4 is 11.8 Å². The van der Waals surface area contributed by atoms with Crippen LogP contribution in [0.15, 0.2) is 11.6 Å². The van der Waals surface area contributed by atoms with Gasteiger partial charge in [-0.3, -0.25) is 9.59 Å². The molecule has 0 aromatic carbocycles. The van der Waals surface area contributed by atoms with Crippen molar-refractivity contribution in [1.82, 2.24) is 10.2 Å². The summed E-state index contributed by atoms with van der Waals surface area (Å²) in [4.78, 5) is 25.1. The van der Waals surface area contributed by atoms with Crippen molar-refractivity contribution in [3.8, 4) is 0 Å². The molecule has 2 aliphatic rings. The van der Waals surface area contributed by atoms with Crippen LogP contribution in [0.1, 0.15) is 58.3 Å². The van der Waals surface area contributed by atoms with Crippen LogP contribution in [-0.2, 0) is 9.59 Å². The Morgan fingerprint density at radius 2 is 2.10 bits per heavy atom. The van der Waals surface area contributed by atoms with Gasteiger partial charge >= 0.3 is 0 Å². The van der Waals surface area contributed by atoms with Gasteiger partial charge in [0.1, 0.15) is 0 Å². The van der Waals surface area contributed by atoms with Gasteiger partial charge in [-0.15, -0.1) is 0 Å². The van der Waals surface area contributed by atoms with Crippen molar-refractivity contribution in [1.29, 1.82) is 0 Å². The van der Waals surface area contributed by atoms with Crippen molar-refractivity contribution in [3.05, 3.63) is 11.6 Å². The molecule has 0 unspecified atom stereocenters. The molecule has 2 amide bonds. The number of carbonyl (C=O) groups is 2. The number of rotatable bonds is 7. The van der Waals surface area contributed by atoms with E-state index in [0.717, 1.165) is 25.8 Å². The van der Waals surface area contributed by atoms with E-state index in [1.54, 1.807) is 6.92 Å². The Balaban J connectivity index is 1.70. The third-order valence-electron chi connectivity index (χ3n) is 4.08. The highest BCUT2D eigenvalue weighted by molar-refractivity contribution is 5.78. The Labute approximate surface area is 121 Å². The Hall–Kier alpha value is -1.32. The van der Waals surface area contributed by atoms with Crippen LogP contribution in [0.2, 0.25) is 0 Å². The Kier molecular flexibility index (Phi) is 5.62. The van der Waals surface area contributed by atoms with Gasteiger partial charge < -0.3 is 10.2 Å². The van der Waals surface area contributed by atoms with Gasteiger partial charge in [-0.25, -0.2) is 0 Å². The molecule has 112 valence electrons. The lowest BCUT2D eigenvalue weighted by Crippen LogP contribution is -2.35. The van der Waals surface area contributed by atoms with E-state index in [4.69, 9.17) is 0 Å². The second-order valence-corrected chi connectivity index (χ2v) is 5.96. The molecule has 0 aromatic heterocycles. The minimum atomic E-state index is 0.0700. The summed E-state index contributed by atoms with van der Waals surface area (Å²) in [6, 6.07) is 0.403. The molecule has 4 heteroatoms. The predicted octanol–water partition coefficient (Wildman–Crippen LogP) is 2.39. The number of hydrogen-bond donors (Lipinski definition) is 1. The molecule has 0 radical (unpaired) electrons. The quantitative estimate of drug-likeness (QED) is 0.727. The first-order chi connectivity index (χ1) is 9.65. The van der Waals surface area contributed by atoms with E-state index < -0.39 is 0 Å². The van der Waals surface area contributed by atoms with Crippen LogP contribution in [0, 0.1) is 0 Å². The highest BCUT2D eigenvalue weighted by Crippen LogP contribution is 2.20. The Morgan fingerprint density at radius 1 is 1.30 bits per heavy atom. The smallest absolute Gasteiger partial charge is 0.221 e. The average molecular weight is 278 g/mol. The highest BCUT2D eigenvalue weighted by Gasteiger charge is 2.23. The summed E-state index contributed by atoms with van der Waals surface area (Å²) in [7, 11) is 0. The van der Waals surface area contributed by atoms with Gasteiger partial charge in [0.25, 0.3) is 0 Å². The van der Waals surface area contributed by atoms with Gasteiger partial charge in [0.2, 0.25) is 11.8 Å². The largest absolute Gasteiger partial charge is 0.353 e. The van der Waals surface area contributed by atoms with Crippen molar-refractivity contribution in [2.45, 2.75) is 64.3 Å². The van der Waals surface area contributed by atoms with E-state index in [1.165, 1.54) is 31.3 Å². The molecule has 0 heterocycles. The van der Waals surface area contributed by atoms with Gasteiger partial charge in [0.05, 0.1) is 0 Å². The van der Waals surface area contributed by atoms with Gasteiger partial charge in [0, 0.05) is 32.5 Å². The van der Waals surface area contributed by atoms with E-state index in [-0.39, 0.29) is 11.8 Å². The zero-order chi connectivity index (χ0) is 14.4. The predicted molar refractivity (Wildman–Crippen MR) is 79.2 cm³/mol. The summed E-state index contributed by atoms with van der Waals surface area (Å²) < 4.78 is 0. The summed E-state index contributed by atoms with van der Waals surface area (Å²) in [6.45, 7) is 2.88. The van der Waals surface area contributed by atoms with E-state index in [2.05, 4.69) is 11.4 Å². The fourth-order valence-electron chi connectivity index (χ4n) is 2.60. The summed E-state index contributed by atoms with van der Waals surface area (Å²) in [5.74, 6) is 0.149. The molecule has 0 bridgehead atoms. The SMILES string of the molecule is CC(=O)N(CCC(=O)NC1CC1)CCC1=CCCCC1. The Morgan fingerprint density at radius 3 is 2.70 bits per heavy atom. The first-order valence-corrected chi connectivity index (χ1v) is 7.88. The minimum Gasteiger partial charge on any atom is -0.353 e. The van der Waals surface area contributed by atoms with E-state index in [9.17, 15) is 9.59 Å². The molecule has 4 nitrogen and oxygen atoms in total. The maximum absolute atomic E-state index is 11.7. The number of allylic oxidation sites excluding steroid dienone is 1. The molecule has 2 aliphatic carbocycles. The molecule has 0 atom stereocenters. The minimum absolute atomic E-state index is 0.0700. The number of nitrogens with zero attached hydrogens (tertiary/aromatic N) is 1. The molecule has 0 aliphatic heterocycles. The van der Waals surface area contributed by atoms with Crippen LogP contribution in [0.5, 0.6) is 0 Å². The topological polar surface area (TPSA) is 49.4 Å². The van der Waals surface area contributed by atoms with Crippen LogP contribution in [-0.4, -0.2) is 35.8 Å². The van der Waals surface area contributed by atoms with Crippen LogP contribution >= 0.6 is 0 Å². The molecule has 0 aromatic rings. The molecular formula is C16H26N2O2. The fraction of sp³-hybridized carbons (Fsp3) is 0.750. The van der Waals surface area contributed by atoms with E-state index in [1.807, 2.05) is 4.90 Å². The summed E-state index contributed by atoms with van der Waals surface area (Å²) in [5.41, 5.74) is 1.48. The van der Waals surface area contributed by atoms with Gasteiger partial charge in [-0.1, -0.05) is 11.6 Å². The number of hydrogen-bond acceptors (Lipinski definition) is 2. The second kappa shape index (κ2) is 7.46. The highest BCUT2D eigenvalue weighted by atomic mass is 16.2. The van der Waals surface area contributed by atoms with Crippen molar-refractivity contribution in [2.75, 3.05) is 13.1 Å². The third kappa shape index (κ3) is 5.35. The first-order valence-electron chi connectivity index (χ1n) is 7.88. The molecular weight excluding hydrogens is 252 g/mol. The zero-order valence-corrected chi connectivity index (χ0v) is 12.5. The van der Waals surface area contributed by atoms with Gasteiger partial charge in [-0.05, 0) is 44.9 Å². The van der Waals surface area contributed by atoms with Crippen molar-refractivity contribution in [2.24, 2.45) is 0 Å². The van der Waals surface area contributed by atoms with E-state index >= 15 is 0 Å². The summed E-state index contributed by atoms with van der Waals surface area (Å²) in [5, 5.41) is 2.97. The molecule has 0 saturated heterocycles. The second-order valence-electron chi connectivity index (χ2n) is 5.96. The summed E-state index contributed by atoms with van der Waals surface area (Å²) >= 11 is 0. The van der Waals surface area contributed by atoms with Crippen LogP contribution < -0.4 is 5.32 Å². The maximum Gasteiger partial charge on any atom is 0.221 e. The molecule has 1 fully saturated rings. The van der Waals surface area contributed by atoms with E-state index in [0.29, 0.717) is 19.0 Å². The third-order valence-corrected chi connectivity index (χ3v) is 4.08. The number of amides is 2. The average Bonchev–Trinajstić information content (AvgIpc) is 3.23. The van der Waals surface area contributed by atoms with Crippen molar-refractivity contribution < 1.29 is 9.59 Å². The molecule has 1 saturated carbocycles. The number of nitrogens with one attached hydrogen (secondary N) is 1. The molecule has 1 N–H and O–H groups in total. The first kappa shape index (κ1) is 15.1. The van der Waals surface area contributed by atoms with Crippen LogP contribution in [0.25, 0.3) is 0 Å². The number of carbonyl (C=O) groups excluding carboxylic acids is 2. The van der Waals surface area contributed by atoms with Crippen molar-refractivity contribution in [3.63, 3.8) is 0 Å². The lowest BCUT2D eigenvalue weighted by atomic mass is 9.97. The van der Waals surface area contributed by atoms with Gasteiger partial charge in [0.15, 0.2) is 0 Å².